The fourth-order valence-electron chi connectivity index (χ4n) is 1.36. The molecule has 0 bridgehead atoms. The third kappa shape index (κ3) is 5.20. The van der Waals surface area contributed by atoms with Gasteiger partial charge in [-0.1, -0.05) is 0 Å². The molecule has 1 N–H and O–H groups in total. The monoisotopic (exact) mass is 255 g/mol. The van der Waals surface area contributed by atoms with Crippen LogP contribution in [0.1, 0.15) is 23.2 Å². The highest BCUT2D eigenvalue weighted by atomic mass is 35.5. The number of nitrogens with one attached hydrogen (secondary N) is 1. The second-order valence-electron chi connectivity index (χ2n) is 3.69. The molecule has 1 aromatic carbocycles. The minimum atomic E-state index is 0.145. The van der Waals surface area contributed by atoms with Gasteiger partial charge in [0.15, 0.2) is 5.78 Å². The molecule has 0 atom stereocenters. The summed E-state index contributed by atoms with van der Waals surface area (Å²) in [5, 5.41) is 2.96. The van der Waals surface area contributed by atoms with Crippen molar-refractivity contribution < 1.29 is 9.53 Å². The van der Waals surface area contributed by atoms with Crippen LogP contribution in [-0.4, -0.2) is 31.9 Å². The first kappa shape index (κ1) is 14.0. The number of ether oxygens (including phenoxy) is 1. The van der Waals surface area contributed by atoms with Gasteiger partial charge in [0, 0.05) is 24.4 Å². The van der Waals surface area contributed by atoms with E-state index in [9.17, 15) is 4.79 Å². The maximum Gasteiger partial charge on any atom is 0.164 e. The SMILES string of the molecule is CNCCC(=O)c1ccc(OCCCCl)cc1. The third-order valence-electron chi connectivity index (χ3n) is 2.33. The second kappa shape index (κ2) is 8.09. The number of benzene rings is 1. The van der Waals surface area contributed by atoms with Gasteiger partial charge in [-0.3, -0.25) is 4.79 Å². The molecule has 0 aliphatic carbocycles. The van der Waals surface area contributed by atoms with Crippen molar-refractivity contribution in [2.75, 3.05) is 26.1 Å². The Bertz CT molecular complexity index is 338. The summed E-state index contributed by atoms with van der Waals surface area (Å²) in [5.74, 6) is 1.52. The van der Waals surface area contributed by atoms with Crippen LogP contribution in [0.25, 0.3) is 0 Å². The van der Waals surface area contributed by atoms with E-state index in [-0.39, 0.29) is 5.78 Å². The first-order valence-electron chi connectivity index (χ1n) is 5.74. The van der Waals surface area contributed by atoms with E-state index < -0.39 is 0 Å². The molecular weight excluding hydrogens is 238 g/mol. The Morgan fingerprint density at radius 2 is 2.06 bits per heavy atom. The zero-order chi connectivity index (χ0) is 12.5. The van der Waals surface area contributed by atoms with Gasteiger partial charge in [-0.2, -0.15) is 0 Å². The molecule has 0 fully saturated rings. The topological polar surface area (TPSA) is 38.3 Å². The number of rotatable bonds is 8. The van der Waals surface area contributed by atoms with Crippen molar-refractivity contribution in [3.05, 3.63) is 29.8 Å². The molecule has 0 aliphatic rings. The molecule has 0 unspecified atom stereocenters. The molecule has 0 heterocycles. The lowest BCUT2D eigenvalue weighted by Gasteiger charge is -2.06. The molecule has 17 heavy (non-hydrogen) atoms. The predicted molar refractivity (Wildman–Crippen MR) is 70.1 cm³/mol. The molecule has 0 amide bonds. The smallest absolute Gasteiger partial charge is 0.164 e. The molecule has 0 saturated carbocycles. The van der Waals surface area contributed by atoms with E-state index >= 15 is 0 Å². The van der Waals surface area contributed by atoms with E-state index in [2.05, 4.69) is 5.32 Å². The van der Waals surface area contributed by atoms with E-state index in [1.54, 1.807) is 12.1 Å². The van der Waals surface area contributed by atoms with Gasteiger partial charge in [0.25, 0.3) is 0 Å². The highest BCUT2D eigenvalue weighted by molar-refractivity contribution is 6.17. The van der Waals surface area contributed by atoms with E-state index in [1.165, 1.54) is 0 Å². The Labute approximate surface area is 107 Å². The molecule has 0 radical (unpaired) electrons. The Hall–Kier alpha value is -1.06. The quantitative estimate of drug-likeness (QED) is 0.441. The van der Waals surface area contributed by atoms with Gasteiger partial charge in [0.1, 0.15) is 5.75 Å². The normalized spacial score (nSPS) is 10.2. The number of carbonyl (C=O) groups is 1. The first-order chi connectivity index (χ1) is 8.27. The standard InChI is InChI=1S/C13H18ClNO2/c1-15-9-7-13(16)11-3-5-12(6-4-11)17-10-2-8-14/h3-6,15H,2,7-10H2,1H3. The third-order valence-corrected chi connectivity index (χ3v) is 2.59. The summed E-state index contributed by atoms with van der Waals surface area (Å²) in [5.41, 5.74) is 0.727. The number of Topliss-reactive ketones (excluding diaryl/α,β-unsaturated/α-hetero) is 1. The van der Waals surface area contributed by atoms with Gasteiger partial charge in [-0.15, -0.1) is 11.6 Å². The van der Waals surface area contributed by atoms with Crippen molar-refractivity contribution >= 4 is 17.4 Å². The lowest BCUT2D eigenvalue weighted by atomic mass is 10.1. The maximum atomic E-state index is 11.7. The van der Waals surface area contributed by atoms with Crippen LogP contribution < -0.4 is 10.1 Å². The Kier molecular flexibility index (Phi) is 6.67. The minimum absolute atomic E-state index is 0.145. The van der Waals surface area contributed by atoms with Gasteiger partial charge in [0.2, 0.25) is 0 Å². The van der Waals surface area contributed by atoms with Crippen molar-refractivity contribution in [1.29, 1.82) is 0 Å². The first-order valence-corrected chi connectivity index (χ1v) is 6.28. The molecule has 3 nitrogen and oxygen atoms in total. The van der Waals surface area contributed by atoms with E-state index in [4.69, 9.17) is 16.3 Å². The predicted octanol–water partition coefficient (Wildman–Crippen LogP) is 2.49. The summed E-state index contributed by atoms with van der Waals surface area (Å²) in [6.45, 7) is 1.31. The molecule has 0 aromatic heterocycles. The average Bonchev–Trinajstić information content (AvgIpc) is 2.37. The van der Waals surface area contributed by atoms with Gasteiger partial charge in [-0.25, -0.2) is 0 Å². The van der Waals surface area contributed by atoms with Crippen molar-refractivity contribution in [1.82, 2.24) is 5.32 Å². The van der Waals surface area contributed by atoms with Crippen LogP contribution in [-0.2, 0) is 0 Å². The summed E-state index contributed by atoms with van der Waals surface area (Å²) in [6.07, 6.45) is 1.34. The van der Waals surface area contributed by atoms with Crippen LogP contribution in [0.3, 0.4) is 0 Å². The molecular formula is C13H18ClNO2. The Balaban J connectivity index is 2.46. The highest BCUT2D eigenvalue weighted by Crippen LogP contribution is 2.13. The summed E-state index contributed by atoms with van der Waals surface area (Å²) in [4.78, 5) is 11.7. The van der Waals surface area contributed by atoms with Crippen LogP contribution in [0.15, 0.2) is 24.3 Å². The molecule has 0 aliphatic heterocycles. The minimum Gasteiger partial charge on any atom is -0.494 e. The van der Waals surface area contributed by atoms with Crippen LogP contribution in [0.4, 0.5) is 0 Å². The fraction of sp³-hybridized carbons (Fsp3) is 0.462. The average molecular weight is 256 g/mol. The van der Waals surface area contributed by atoms with Crippen LogP contribution in [0.2, 0.25) is 0 Å². The zero-order valence-corrected chi connectivity index (χ0v) is 10.8. The van der Waals surface area contributed by atoms with Gasteiger partial charge in [0.05, 0.1) is 6.61 Å². The summed E-state index contributed by atoms with van der Waals surface area (Å²) in [6, 6.07) is 7.24. The molecule has 4 heteroatoms. The number of carbonyl (C=O) groups excluding carboxylic acids is 1. The number of alkyl halides is 1. The summed E-state index contributed by atoms with van der Waals surface area (Å²) in [7, 11) is 1.83. The van der Waals surface area contributed by atoms with Crippen molar-refractivity contribution in [2.45, 2.75) is 12.8 Å². The Morgan fingerprint density at radius 3 is 2.65 bits per heavy atom. The molecule has 0 saturated heterocycles. The lowest BCUT2D eigenvalue weighted by Crippen LogP contribution is -2.12. The van der Waals surface area contributed by atoms with Crippen LogP contribution >= 0.6 is 11.6 Å². The molecule has 94 valence electrons. The molecule has 1 aromatic rings. The highest BCUT2D eigenvalue weighted by Gasteiger charge is 2.04. The van der Waals surface area contributed by atoms with Crippen LogP contribution in [0, 0.1) is 0 Å². The largest absolute Gasteiger partial charge is 0.494 e. The number of halogens is 1. The van der Waals surface area contributed by atoms with Gasteiger partial charge in [-0.05, 0) is 37.7 Å². The van der Waals surface area contributed by atoms with E-state index in [1.807, 2.05) is 19.2 Å². The number of hydrogen-bond acceptors (Lipinski definition) is 3. The van der Waals surface area contributed by atoms with E-state index in [0.717, 1.165) is 17.7 Å². The van der Waals surface area contributed by atoms with Crippen molar-refractivity contribution in [2.24, 2.45) is 0 Å². The van der Waals surface area contributed by atoms with E-state index in [0.29, 0.717) is 25.5 Å². The van der Waals surface area contributed by atoms with Crippen molar-refractivity contribution in [3.8, 4) is 5.75 Å². The van der Waals surface area contributed by atoms with Crippen LogP contribution in [0.5, 0.6) is 5.75 Å². The van der Waals surface area contributed by atoms with Gasteiger partial charge >= 0.3 is 0 Å². The summed E-state index contributed by atoms with van der Waals surface area (Å²) < 4.78 is 5.45. The van der Waals surface area contributed by atoms with Gasteiger partial charge < -0.3 is 10.1 Å². The maximum absolute atomic E-state index is 11.7. The summed E-state index contributed by atoms with van der Waals surface area (Å²) >= 11 is 5.55. The Morgan fingerprint density at radius 1 is 1.35 bits per heavy atom. The molecule has 1 rings (SSSR count). The second-order valence-corrected chi connectivity index (χ2v) is 4.07. The number of hydrogen-bond donors (Lipinski definition) is 1. The van der Waals surface area contributed by atoms with Crippen molar-refractivity contribution in [3.63, 3.8) is 0 Å². The lowest BCUT2D eigenvalue weighted by molar-refractivity contribution is 0.0983. The zero-order valence-electron chi connectivity index (χ0n) is 10.0. The molecule has 0 spiro atoms. The number of ketones is 1. The fourth-order valence-corrected chi connectivity index (χ4v) is 1.47.